The average Bonchev–Trinajstić information content (AvgIpc) is 2.39. The van der Waals surface area contributed by atoms with Crippen molar-refractivity contribution in [2.45, 2.75) is 19.8 Å². The maximum atomic E-state index is 11.6. The van der Waals surface area contributed by atoms with Crippen molar-refractivity contribution in [3.05, 3.63) is 28.2 Å². The lowest BCUT2D eigenvalue weighted by molar-refractivity contribution is 0.277. The second-order valence-electron chi connectivity index (χ2n) is 5.49. The summed E-state index contributed by atoms with van der Waals surface area (Å²) in [5.74, 6) is 0.367. The number of nitrogens with one attached hydrogen (secondary N) is 1. The summed E-state index contributed by atoms with van der Waals surface area (Å²) in [6.07, 6.45) is 3.30. The number of halogens is 1. The fourth-order valence-electron chi connectivity index (χ4n) is 2.52. The summed E-state index contributed by atoms with van der Waals surface area (Å²) in [5.41, 5.74) is 2.28. The monoisotopic (exact) mass is 360 g/mol. The Labute approximate surface area is 129 Å². The Hall–Kier alpha value is -0.590. The molecule has 1 fully saturated rings. The number of hydrogen-bond donors (Lipinski definition) is 1. The molecule has 0 radical (unpaired) electrons. The standard InChI is InChI=1S/C14H21BrN2O2S/c1-11-5-6-13(15)14(8-11)16-9-12-4-3-7-17(10-12)20(2,18)19/h5-6,8,12,16H,3-4,7,9-10H2,1-2H3. The van der Waals surface area contributed by atoms with Gasteiger partial charge >= 0.3 is 0 Å². The fraction of sp³-hybridized carbons (Fsp3) is 0.571. The first-order chi connectivity index (χ1) is 9.36. The number of aryl methyl sites for hydroxylation is 1. The van der Waals surface area contributed by atoms with Crippen LogP contribution in [0.4, 0.5) is 5.69 Å². The van der Waals surface area contributed by atoms with E-state index in [4.69, 9.17) is 0 Å². The Morgan fingerprint density at radius 3 is 2.90 bits per heavy atom. The molecule has 4 nitrogen and oxygen atoms in total. The highest BCUT2D eigenvalue weighted by atomic mass is 79.9. The molecule has 1 unspecified atom stereocenters. The van der Waals surface area contributed by atoms with E-state index in [1.165, 1.54) is 11.8 Å². The Balaban J connectivity index is 1.95. The zero-order valence-corrected chi connectivity index (χ0v) is 14.3. The predicted octanol–water partition coefficient (Wildman–Crippen LogP) is 2.84. The third kappa shape index (κ3) is 4.20. The van der Waals surface area contributed by atoms with Crippen LogP contribution in [0.3, 0.4) is 0 Å². The van der Waals surface area contributed by atoms with Gasteiger partial charge in [0.2, 0.25) is 10.0 Å². The van der Waals surface area contributed by atoms with Crippen LogP contribution in [0.5, 0.6) is 0 Å². The van der Waals surface area contributed by atoms with Crippen LogP contribution < -0.4 is 5.32 Å². The number of hydrogen-bond acceptors (Lipinski definition) is 3. The number of sulfonamides is 1. The molecule has 1 heterocycles. The molecular formula is C14H21BrN2O2S. The van der Waals surface area contributed by atoms with Gasteiger partial charge in [-0.15, -0.1) is 0 Å². The number of nitrogens with zero attached hydrogens (tertiary/aromatic N) is 1. The quantitative estimate of drug-likeness (QED) is 0.897. The van der Waals surface area contributed by atoms with Crippen molar-refractivity contribution in [3.8, 4) is 0 Å². The largest absolute Gasteiger partial charge is 0.384 e. The van der Waals surface area contributed by atoms with Crippen molar-refractivity contribution in [1.82, 2.24) is 4.31 Å². The molecule has 1 aliphatic heterocycles. The van der Waals surface area contributed by atoms with Gasteiger partial charge in [0, 0.05) is 29.8 Å². The molecule has 1 atom stereocenters. The number of benzene rings is 1. The van der Waals surface area contributed by atoms with E-state index in [2.05, 4.69) is 40.3 Å². The molecular weight excluding hydrogens is 340 g/mol. The first-order valence-electron chi connectivity index (χ1n) is 6.81. The molecule has 112 valence electrons. The van der Waals surface area contributed by atoms with Crippen LogP contribution in [-0.4, -0.2) is 38.6 Å². The zero-order valence-electron chi connectivity index (χ0n) is 11.9. The summed E-state index contributed by atoms with van der Waals surface area (Å²) in [6, 6.07) is 6.18. The molecule has 1 saturated heterocycles. The molecule has 6 heteroatoms. The lowest BCUT2D eigenvalue weighted by Crippen LogP contribution is -2.41. The van der Waals surface area contributed by atoms with E-state index >= 15 is 0 Å². The molecule has 0 aromatic heterocycles. The van der Waals surface area contributed by atoms with E-state index in [1.54, 1.807) is 4.31 Å². The summed E-state index contributed by atoms with van der Waals surface area (Å²) < 4.78 is 25.8. The molecule has 0 saturated carbocycles. The molecule has 0 spiro atoms. The van der Waals surface area contributed by atoms with Crippen molar-refractivity contribution in [2.75, 3.05) is 31.2 Å². The van der Waals surface area contributed by atoms with Gasteiger partial charge < -0.3 is 5.32 Å². The lowest BCUT2D eigenvalue weighted by atomic mass is 9.99. The van der Waals surface area contributed by atoms with Gasteiger partial charge in [0.1, 0.15) is 0 Å². The van der Waals surface area contributed by atoms with Crippen LogP contribution in [0.15, 0.2) is 22.7 Å². The minimum Gasteiger partial charge on any atom is -0.384 e. The van der Waals surface area contributed by atoms with Crippen molar-refractivity contribution < 1.29 is 8.42 Å². The Kier molecular flexibility index (Phi) is 5.09. The van der Waals surface area contributed by atoms with Crippen LogP contribution in [0.2, 0.25) is 0 Å². The lowest BCUT2D eigenvalue weighted by Gasteiger charge is -2.31. The molecule has 1 aliphatic rings. The van der Waals surface area contributed by atoms with Crippen LogP contribution in [0, 0.1) is 12.8 Å². The maximum Gasteiger partial charge on any atom is 0.211 e. The summed E-state index contributed by atoms with van der Waals surface area (Å²) in [7, 11) is -3.06. The van der Waals surface area contributed by atoms with Gasteiger partial charge in [-0.2, -0.15) is 0 Å². The van der Waals surface area contributed by atoms with Crippen molar-refractivity contribution in [3.63, 3.8) is 0 Å². The Bertz CT molecular complexity index is 575. The fourth-order valence-corrected chi connectivity index (χ4v) is 3.85. The van der Waals surface area contributed by atoms with E-state index in [0.717, 1.165) is 29.5 Å². The smallest absolute Gasteiger partial charge is 0.211 e. The summed E-state index contributed by atoms with van der Waals surface area (Å²) in [4.78, 5) is 0. The Morgan fingerprint density at radius 2 is 2.20 bits per heavy atom. The van der Waals surface area contributed by atoms with Gasteiger partial charge in [-0.3, -0.25) is 0 Å². The first kappa shape index (κ1) is 15.8. The molecule has 1 N–H and O–H groups in total. The van der Waals surface area contributed by atoms with E-state index < -0.39 is 10.0 Å². The van der Waals surface area contributed by atoms with Crippen LogP contribution in [0.1, 0.15) is 18.4 Å². The van der Waals surface area contributed by atoms with Crippen LogP contribution >= 0.6 is 15.9 Å². The van der Waals surface area contributed by atoms with E-state index in [9.17, 15) is 8.42 Å². The molecule has 0 amide bonds. The van der Waals surface area contributed by atoms with Gasteiger partial charge in [0.15, 0.2) is 0 Å². The third-order valence-corrected chi connectivity index (χ3v) is 5.61. The maximum absolute atomic E-state index is 11.6. The van der Waals surface area contributed by atoms with E-state index in [0.29, 0.717) is 19.0 Å². The highest BCUT2D eigenvalue weighted by Crippen LogP contribution is 2.25. The second-order valence-corrected chi connectivity index (χ2v) is 8.33. The minimum absolute atomic E-state index is 0.367. The predicted molar refractivity (Wildman–Crippen MR) is 86.5 cm³/mol. The van der Waals surface area contributed by atoms with Crippen LogP contribution in [-0.2, 0) is 10.0 Å². The molecule has 1 aromatic rings. The highest BCUT2D eigenvalue weighted by molar-refractivity contribution is 9.10. The van der Waals surface area contributed by atoms with E-state index in [-0.39, 0.29) is 0 Å². The molecule has 20 heavy (non-hydrogen) atoms. The SMILES string of the molecule is Cc1ccc(Br)c(NCC2CCCN(S(C)(=O)=O)C2)c1. The molecule has 1 aromatic carbocycles. The average molecular weight is 361 g/mol. The van der Waals surface area contributed by atoms with Crippen molar-refractivity contribution in [2.24, 2.45) is 5.92 Å². The molecule has 0 bridgehead atoms. The van der Waals surface area contributed by atoms with E-state index in [1.807, 2.05) is 6.07 Å². The third-order valence-electron chi connectivity index (χ3n) is 3.65. The number of anilines is 1. The van der Waals surface area contributed by atoms with Gasteiger partial charge in [-0.25, -0.2) is 12.7 Å². The van der Waals surface area contributed by atoms with Crippen LogP contribution in [0.25, 0.3) is 0 Å². The van der Waals surface area contributed by atoms with Gasteiger partial charge in [0.05, 0.1) is 6.26 Å². The topological polar surface area (TPSA) is 49.4 Å². The first-order valence-corrected chi connectivity index (χ1v) is 9.45. The summed E-state index contributed by atoms with van der Waals surface area (Å²) in [6.45, 7) is 4.14. The second kappa shape index (κ2) is 6.45. The number of rotatable bonds is 4. The minimum atomic E-state index is -3.06. The van der Waals surface area contributed by atoms with Crippen molar-refractivity contribution >= 4 is 31.6 Å². The van der Waals surface area contributed by atoms with Gasteiger partial charge in [-0.1, -0.05) is 6.07 Å². The molecule has 0 aliphatic carbocycles. The molecule has 2 rings (SSSR count). The zero-order chi connectivity index (χ0) is 14.8. The summed E-state index contributed by atoms with van der Waals surface area (Å²) >= 11 is 3.53. The highest BCUT2D eigenvalue weighted by Gasteiger charge is 2.25. The Morgan fingerprint density at radius 1 is 1.45 bits per heavy atom. The normalized spacial score (nSPS) is 20.9. The number of piperidine rings is 1. The van der Waals surface area contributed by atoms with Gasteiger partial charge in [-0.05, 0) is 59.3 Å². The van der Waals surface area contributed by atoms with Gasteiger partial charge in [0.25, 0.3) is 0 Å². The summed E-state index contributed by atoms with van der Waals surface area (Å²) in [5, 5.41) is 3.43. The van der Waals surface area contributed by atoms with Crippen molar-refractivity contribution in [1.29, 1.82) is 0 Å².